The standard InChI is InChI=1S/C22H30N4O8S2/c1-21(23,13-11-15-3-7-17(8-4-15)35(25,29)30)33-19(27)20(28)34-22(2,24)14-12-16-5-9-18(10-6-16)36(26,31)32/h3-10H,11-14,23-24H2,1-2H3,(H2,25,29,30)(H2,26,31,32)/t21-,22-/m0/s1. The molecular formula is C22H30N4O8S2. The Hall–Kier alpha value is -2.88. The Morgan fingerprint density at radius 2 is 0.944 bits per heavy atom. The van der Waals surface area contributed by atoms with Crippen LogP contribution in [-0.2, 0) is 52.0 Å². The molecule has 0 saturated heterocycles. The summed E-state index contributed by atoms with van der Waals surface area (Å²) in [5.74, 6) is -2.64. The molecule has 2 rings (SSSR count). The van der Waals surface area contributed by atoms with Gasteiger partial charge in [-0.3, -0.25) is 11.5 Å². The predicted molar refractivity (Wildman–Crippen MR) is 130 cm³/mol. The molecular weight excluding hydrogens is 512 g/mol. The second-order valence-corrected chi connectivity index (χ2v) is 11.9. The summed E-state index contributed by atoms with van der Waals surface area (Å²) in [6.45, 7) is 2.81. The molecule has 0 radical (unpaired) electrons. The van der Waals surface area contributed by atoms with E-state index in [1.807, 2.05) is 0 Å². The molecule has 0 spiro atoms. The number of carbonyl (C=O) groups excluding carboxylic acids is 2. The Kier molecular flexibility index (Phi) is 8.99. The van der Waals surface area contributed by atoms with E-state index in [2.05, 4.69) is 0 Å². The number of sulfonamides is 2. The van der Waals surface area contributed by atoms with Crippen molar-refractivity contribution in [3.63, 3.8) is 0 Å². The van der Waals surface area contributed by atoms with Gasteiger partial charge in [0.2, 0.25) is 20.0 Å². The molecule has 12 nitrogen and oxygen atoms in total. The van der Waals surface area contributed by atoms with E-state index >= 15 is 0 Å². The predicted octanol–water partition coefficient (Wildman–Crippen LogP) is -0.0170. The van der Waals surface area contributed by atoms with Crippen molar-refractivity contribution >= 4 is 32.0 Å². The highest BCUT2D eigenvalue weighted by atomic mass is 32.2. The third-order valence-corrected chi connectivity index (χ3v) is 7.00. The fourth-order valence-electron chi connectivity index (χ4n) is 3.09. The summed E-state index contributed by atoms with van der Waals surface area (Å²) in [5, 5.41) is 10.1. The van der Waals surface area contributed by atoms with E-state index in [0.29, 0.717) is 24.0 Å². The number of ether oxygens (including phenoxy) is 2. The van der Waals surface area contributed by atoms with Crippen molar-refractivity contribution < 1.29 is 35.9 Å². The van der Waals surface area contributed by atoms with Gasteiger partial charge in [0.25, 0.3) is 0 Å². The minimum absolute atomic E-state index is 0.0405. The van der Waals surface area contributed by atoms with Crippen LogP contribution < -0.4 is 21.7 Å². The first kappa shape index (κ1) is 29.4. The highest BCUT2D eigenvalue weighted by Gasteiger charge is 2.33. The van der Waals surface area contributed by atoms with Crippen molar-refractivity contribution in [1.82, 2.24) is 0 Å². The SMILES string of the molecule is C[C@@](N)(CCc1ccc(S(N)(=O)=O)cc1)OC(=O)C(=O)O[C@](C)(N)CCc1ccc(S(N)(=O)=O)cc1. The van der Waals surface area contributed by atoms with Crippen LogP contribution in [0.4, 0.5) is 0 Å². The second kappa shape index (κ2) is 11.0. The van der Waals surface area contributed by atoms with Crippen LogP contribution in [0.3, 0.4) is 0 Å². The first-order valence-corrected chi connectivity index (χ1v) is 13.7. The third-order valence-electron chi connectivity index (χ3n) is 5.14. The van der Waals surface area contributed by atoms with Crippen LogP contribution in [-0.4, -0.2) is 40.2 Å². The molecule has 2 aromatic carbocycles. The number of primary sulfonamides is 2. The van der Waals surface area contributed by atoms with Crippen LogP contribution in [0, 0.1) is 0 Å². The Labute approximate surface area is 210 Å². The van der Waals surface area contributed by atoms with E-state index in [1.165, 1.54) is 38.1 Å². The van der Waals surface area contributed by atoms with Gasteiger partial charge in [-0.15, -0.1) is 0 Å². The van der Waals surface area contributed by atoms with Crippen molar-refractivity contribution in [1.29, 1.82) is 0 Å². The van der Waals surface area contributed by atoms with E-state index in [0.717, 1.165) is 0 Å². The fourth-order valence-corrected chi connectivity index (χ4v) is 4.12. The van der Waals surface area contributed by atoms with E-state index in [-0.39, 0.29) is 22.6 Å². The molecule has 0 amide bonds. The van der Waals surface area contributed by atoms with E-state index in [9.17, 15) is 26.4 Å². The molecule has 14 heteroatoms. The lowest BCUT2D eigenvalue weighted by molar-refractivity contribution is -0.184. The molecule has 0 fully saturated rings. The summed E-state index contributed by atoms with van der Waals surface area (Å²) >= 11 is 0. The maximum atomic E-state index is 12.2. The molecule has 0 aliphatic rings. The van der Waals surface area contributed by atoms with Crippen molar-refractivity contribution in [2.45, 2.75) is 60.8 Å². The normalized spacial score (nSPS) is 15.4. The van der Waals surface area contributed by atoms with Crippen molar-refractivity contribution in [3.05, 3.63) is 59.7 Å². The molecule has 0 saturated carbocycles. The monoisotopic (exact) mass is 542 g/mol. The topological polar surface area (TPSA) is 225 Å². The lowest BCUT2D eigenvalue weighted by Gasteiger charge is -2.27. The van der Waals surface area contributed by atoms with Gasteiger partial charge in [-0.2, -0.15) is 0 Å². The van der Waals surface area contributed by atoms with Gasteiger partial charge in [0.05, 0.1) is 9.79 Å². The number of rotatable bonds is 10. The zero-order valence-corrected chi connectivity index (χ0v) is 21.5. The van der Waals surface area contributed by atoms with Gasteiger partial charge in [-0.05, 0) is 62.1 Å². The number of carbonyl (C=O) groups is 2. The van der Waals surface area contributed by atoms with Crippen LogP contribution in [0.2, 0.25) is 0 Å². The summed E-state index contributed by atoms with van der Waals surface area (Å²) in [7, 11) is -7.63. The van der Waals surface area contributed by atoms with E-state index in [4.69, 9.17) is 31.2 Å². The Balaban J connectivity index is 1.87. The minimum atomic E-state index is -3.81. The number of hydrogen-bond donors (Lipinski definition) is 4. The van der Waals surface area contributed by atoms with Crippen LogP contribution in [0.15, 0.2) is 58.3 Å². The molecule has 36 heavy (non-hydrogen) atoms. The summed E-state index contributed by atoms with van der Waals surface area (Å²) in [6, 6.07) is 11.6. The molecule has 0 heterocycles. The quantitative estimate of drug-likeness (QED) is 0.178. The fraction of sp³-hybridized carbons (Fsp3) is 0.364. The maximum Gasteiger partial charge on any atom is 0.419 e. The molecule has 0 unspecified atom stereocenters. The Bertz CT molecular complexity index is 1200. The van der Waals surface area contributed by atoms with Crippen LogP contribution in [0.1, 0.15) is 37.8 Å². The van der Waals surface area contributed by atoms with Gasteiger partial charge in [0, 0.05) is 12.8 Å². The third kappa shape index (κ3) is 9.29. The zero-order chi connectivity index (χ0) is 27.4. The van der Waals surface area contributed by atoms with Crippen LogP contribution in [0.5, 0.6) is 0 Å². The van der Waals surface area contributed by atoms with Crippen molar-refractivity contribution in [2.75, 3.05) is 0 Å². The minimum Gasteiger partial charge on any atom is -0.436 e. The highest BCUT2D eigenvalue weighted by molar-refractivity contribution is 7.89. The average molecular weight is 543 g/mol. The second-order valence-electron chi connectivity index (χ2n) is 8.78. The first-order valence-electron chi connectivity index (χ1n) is 10.7. The molecule has 0 aromatic heterocycles. The molecule has 2 aromatic rings. The van der Waals surface area contributed by atoms with Crippen LogP contribution in [0.25, 0.3) is 0 Å². The van der Waals surface area contributed by atoms with Gasteiger partial charge in [-0.25, -0.2) is 36.7 Å². The van der Waals surface area contributed by atoms with Gasteiger partial charge < -0.3 is 9.47 Å². The first-order chi connectivity index (χ1) is 16.4. The largest absolute Gasteiger partial charge is 0.436 e. The lowest BCUT2D eigenvalue weighted by atomic mass is 10.0. The van der Waals surface area contributed by atoms with Gasteiger partial charge in [0.1, 0.15) is 0 Å². The van der Waals surface area contributed by atoms with Gasteiger partial charge in [0.15, 0.2) is 11.4 Å². The Morgan fingerprint density at radius 1 is 0.667 bits per heavy atom. The smallest absolute Gasteiger partial charge is 0.419 e. The number of esters is 2. The number of nitrogens with two attached hydrogens (primary N) is 4. The summed E-state index contributed by atoms with van der Waals surface area (Å²) < 4.78 is 55.5. The molecule has 198 valence electrons. The number of hydrogen-bond acceptors (Lipinski definition) is 10. The molecule has 2 atom stereocenters. The van der Waals surface area contributed by atoms with E-state index in [1.54, 1.807) is 24.3 Å². The molecule has 8 N–H and O–H groups in total. The van der Waals surface area contributed by atoms with Gasteiger partial charge >= 0.3 is 11.9 Å². The summed E-state index contributed by atoms with van der Waals surface area (Å²) in [5.41, 5.74) is 10.4. The number of aryl methyl sites for hydroxylation is 2. The van der Waals surface area contributed by atoms with E-state index < -0.39 is 43.4 Å². The van der Waals surface area contributed by atoms with Crippen molar-refractivity contribution in [2.24, 2.45) is 21.7 Å². The molecule has 0 aliphatic carbocycles. The summed E-state index contributed by atoms with van der Waals surface area (Å²) in [4.78, 5) is 24.4. The average Bonchev–Trinajstić information content (AvgIpc) is 2.75. The Morgan fingerprint density at radius 3 is 1.19 bits per heavy atom. The van der Waals surface area contributed by atoms with Crippen molar-refractivity contribution in [3.8, 4) is 0 Å². The molecule has 0 bridgehead atoms. The maximum absolute atomic E-state index is 12.2. The van der Waals surface area contributed by atoms with Crippen LogP contribution >= 0.6 is 0 Å². The summed E-state index contributed by atoms with van der Waals surface area (Å²) in [6.07, 6.45) is 0.877. The lowest BCUT2D eigenvalue weighted by Crippen LogP contribution is -2.47. The number of benzene rings is 2. The molecule has 0 aliphatic heterocycles. The highest BCUT2D eigenvalue weighted by Crippen LogP contribution is 2.18. The van der Waals surface area contributed by atoms with Gasteiger partial charge in [-0.1, -0.05) is 24.3 Å². The zero-order valence-electron chi connectivity index (χ0n) is 19.8.